The van der Waals surface area contributed by atoms with Gasteiger partial charge in [-0.25, -0.2) is 0 Å². The second-order valence-corrected chi connectivity index (χ2v) is 8.63. The Balaban J connectivity index is 1.73. The minimum Gasteiger partial charge on any atom is -0.316 e. The van der Waals surface area contributed by atoms with Crippen LogP contribution in [0.5, 0.6) is 0 Å². The summed E-state index contributed by atoms with van der Waals surface area (Å²) in [4.78, 5) is 0. The molecule has 0 bridgehead atoms. The summed E-state index contributed by atoms with van der Waals surface area (Å²) in [5.41, 5.74) is 0. The van der Waals surface area contributed by atoms with E-state index in [1.807, 2.05) is 4.31 Å². The molecule has 0 aromatic carbocycles. The molecule has 3 aliphatic rings. The number of hydrogen-bond acceptors (Lipinski definition) is 3. The number of piperidine rings is 1. The monoisotopic (exact) mass is 315 g/mol. The summed E-state index contributed by atoms with van der Waals surface area (Å²) in [5, 5.41) is 3.44. The van der Waals surface area contributed by atoms with Crippen LogP contribution in [-0.2, 0) is 10.2 Å². The van der Waals surface area contributed by atoms with Crippen LogP contribution >= 0.6 is 0 Å². The van der Waals surface area contributed by atoms with Crippen molar-refractivity contribution in [1.82, 2.24) is 13.9 Å². The average molecular weight is 315 g/mol. The predicted molar refractivity (Wildman–Crippen MR) is 84.3 cm³/mol. The fourth-order valence-electron chi connectivity index (χ4n) is 4.15. The zero-order chi connectivity index (χ0) is 14.7. The molecule has 0 amide bonds. The van der Waals surface area contributed by atoms with Gasteiger partial charge in [0.25, 0.3) is 10.2 Å². The molecule has 21 heavy (non-hydrogen) atoms. The Morgan fingerprint density at radius 2 is 1.62 bits per heavy atom. The van der Waals surface area contributed by atoms with E-state index in [4.69, 9.17) is 0 Å². The molecule has 3 fully saturated rings. The third-order valence-corrected chi connectivity index (χ3v) is 7.38. The lowest BCUT2D eigenvalue weighted by molar-refractivity contribution is 0.226. The Morgan fingerprint density at radius 1 is 0.857 bits per heavy atom. The molecule has 0 aliphatic carbocycles. The highest BCUT2D eigenvalue weighted by atomic mass is 32.2. The van der Waals surface area contributed by atoms with Gasteiger partial charge in [0.15, 0.2) is 0 Å². The van der Waals surface area contributed by atoms with Crippen LogP contribution in [0.4, 0.5) is 0 Å². The van der Waals surface area contributed by atoms with Crippen LogP contribution in [0, 0.1) is 5.92 Å². The third-order valence-electron chi connectivity index (χ3n) is 5.32. The first-order valence-corrected chi connectivity index (χ1v) is 10.1. The lowest BCUT2D eigenvalue weighted by Crippen LogP contribution is -2.50. The second kappa shape index (κ2) is 6.94. The molecule has 1 N–H and O–H groups in total. The molecular weight excluding hydrogens is 286 g/mol. The van der Waals surface area contributed by atoms with E-state index in [-0.39, 0.29) is 6.04 Å². The SMILES string of the molecule is O=S(=O)(N1CCCCCC1)N1CCCC1C1CCCNC1. The van der Waals surface area contributed by atoms with Crippen LogP contribution in [0.15, 0.2) is 0 Å². The van der Waals surface area contributed by atoms with Crippen molar-refractivity contribution in [2.45, 2.75) is 57.4 Å². The lowest BCUT2D eigenvalue weighted by Gasteiger charge is -2.36. The van der Waals surface area contributed by atoms with E-state index >= 15 is 0 Å². The highest BCUT2D eigenvalue weighted by Crippen LogP contribution is 2.32. The minimum atomic E-state index is -3.24. The van der Waals surface area contributed by atoms with Gasteiger partial charge < -0.3 is 5.32 Å². The normalized spacial score (nSPS) is 33.9. The van der Waals surface area contributed by atoms with Crippen LogP contribution in [0.3, 0.4) is 0 Å². The Hall–Kier alpha value is -0.170. The average Bonchev–Trinajstić information content (AvgIpc) is 2.84. The molecule has 3 rings (SSSR count). The van der Waals surface area contributed by atoms with Crippen LogP contribution in [-0.4, -0.2) is 55.8 Å². The van der Waals surface area contributed by atoms with Gasteiger partial charge in [-0.3, -0.25) is 0 Å². The molecule has 5 nitrogen and oxygen atoms in total. The molecule has 0 aromatic heterocycles. The van der Waals surface area contributed by atoms with E-state index in [1.54, 1.807) is 4.31 Å². The summed E-state index contributed by atoms with van der Waals surface area (Å²) in [7, 11) is -3.24. The van der Waals surface area contributed by atoms with E-state index in [0.717, 1.165) is 45.3 Å². The van der Waals surface area contributed by atoms with E-state index in [1.165, 1.54) is 25.7 Å². The Kier molecular flexibility index (Phi) is 5.19. The van der Waals surface area contributed by atoms with E-state index in [2.05, 4.69) is 5.32 Å². The predicted octanol–water partition coefficient (Wildman–Crippen LogP) is 1.57. The van der Waals surface area contributed by atoms with Crippen LogP contribution < -0.4 is 5.32 Å². The summed E-state index contributed by atoms with van der Waals surface area (Å²) >= 11 is 0. The van der Waals surface area contributed by atoms with Gasteiger partial charge in [-0.2, -0.15) is 17.0 Å². The fraction of sp³-hybridized carbons (Fsp3) is 1.00. The summed E-state index contributed by atoms with van der Waals surface area (Å²) in [5.74, 6) is 0.503. The number of rotatable bonds is 3. The smallest absolute Gasteiger partial charge is 0.282 e. The first-order valence-electron chi connectivity index (χ1n) is 8.67. The maximum absolute atomic E-state index is 13.0. The van der Waals surface area contributed by atoms with E-state index < -0.39 is 10.2 Å². The maximum atomic E-state index is 13.0. The van der Waals surface area contributed by atoms with Crippen LogP contribution in [0.2, 0.25) is 0 Å². The van der Waals surface area contributed by atoms with Crippen LogP contribution in [0.1, 0.15) is 51.4 Å². The van der Waals surface area contributed by atoms with Gasteiger partial charge in [0.1, 0.15) is 0 Å². The summed E-state index contributed by atoms with van der Waals surface area (Å²) in [6, 6.07) is 0.228. The number of nitrogens with one attached hydrogen (secondary N) is 1. The molecule has 0 aromatic rings. The largest absolute Gasteiger partial charge is 0.316 e. The van der Waals surface area contributed by atoms with Crippen LogP contribution in [0.25, 0.3) is 0 Å². The molecular formula is C15H29N3O2S. The van der Waals surface area contributed by atoms with E-state index in [0.29, 0.717) is 19.0 Å². The zero-order valence-electron chi connectivity index (χ0n) is 13.0. The molecule has 6 heteroatoms. The number of hydrogen-bond donors (Lipinski definition) is 1. The Labute approximate surface area is 129 Å². The maximum Gasteiger partial charge on any atom is 0.282 e. The molecule has 0 spiro atoms. The van der Waals surface area contributed by atoms with Gasteiger partial charge in [0, 0.05) is 25.7 Å². The van der Waals surface area contributed by atoms with Crippen molar-refractivity contribution >= 4 is 10.2 Å². The second-order valence-electron chi connectivity index (χ2n) is 6.75. The minimum absolute atomic E-state index is 0.228. The van der Waals surface area contributed by atoms with Crippen molar-refractivity contribution in [3.05, 3.63) is 0 Å². The molecule has 3 heterocycles. The van der Waals surface area contributed by atoms with Gasteiger partial charge in [-0.1, -0.05) is 12.8 Å². The third kappa shape index (κ3) is 3.44. The summed E-state index contributed by atoms with van der Waals surface area (Å²) < 4.78 is 29.7. The van der Waals surface area contributed by atoms with Crippen molar-refractivity contribution in [2.75, 3.05) is 32.7 Å². The first-order chi connectivity index (χ1) is 10.2. The molecule has 0 saturated carbocycles. The molecule has 2 unspecified atom stereocenters. The van der Waals surface area contributed by atoms with Gasteiger partial charge in [0.2, 0.25) is 0 Å². The van der Waals surface area contributed by atoms with Crippen molar-refractivity contribution in [3.8, 4) is 0 Å². The lowest BCUT2D eigenvalue weighted by atomic mass is 9.91. The molecule has 3 aliphatic heterocycles. The Bertz CT molecular complexity index is 426. The Morgan fingerprint density at radius 3 is 2.29 bits per heavy atom. The van der Waals surface area contributed by atoms with Gasteiger partial charge in [-0.15, -0.1) is 0 Å². The number of nitrogens with zero attached hydrogens (tertiary/aromatic N) is 2. The van der Waals surface area contributed by atoms with Crippen molar-refractivity contribution < 1.29 is 8.42 Å². The highest BCUT2D eigenvalue weighted by Gasteiger charge is 2.41. The van der Waals surface area contributed by atoms with Crippen molar-refractivity contribution in [3.63, 3.8) is 0 Å². The molecule has 2 atom stereocenters. The molecule has 0 radical (unpaired) electrons. The zero-order valence-corrected chi connectivity index (χ0v) is 13.8. The quantitative estimate of drug-likeness (QED) is 0.860. The molecule has 122 valence electrons. The summed E-state index contributed by atoms with van der Waals surface area (Å²) in [6.07, 6.45) is 8.78. The van der Waals surface area contributed by atoms with Gasteiger partial charge in [0.05, 0.1) is 0 Å². The van der Waals surface area contributed by atoms with Crippen molar-refractivity contribution in [2.24, 2.45) is 5.92 Å². The molecule has 3 saturated heterocycles. The highest BCUT2D eigenvalue weighted by molar-refractivity contribution is 7.86. The van der Waals surface area contributed by atoms with Gasteiger partial charge in [-0.05, 0) is 57.5 Å². The van der Waals surface area contributed by atoms with Gasteiger partial charge >= 0.3 is 0 Å². The fourth-order valence-corrected chi connectivity index (χ4v) is 6.15. The summed E-state index contributed by atoms with van der Waals surface area (Å²) in [6.45, 7) is 4.22. The van der Waals surface area contributed by atoms with Crippen molar-refractivity contribution in [1.29, 1.82) is 0 Å². The first kappa shape index (κ1) is 15.7. The van der Waals surface area contributed by atoms with E-state index in [9.17, 15) is 8.42 Å². The standard InChI is InChI=1S/C15H29N3O2S/c19-21(20,17-10-3-1-2-4-11-17)18-12-6-8-15(18)14-7-5-9-16-13-14/h14-16H,1-13H2. The topological polar surface area (TPSA) is 52.7 Å².